The topological polar surface area (TPSA) is 62.5 Å². The number of rotatable bonds is 3. The summed E-state index contributed by atoms with van der Waals surface area (Å²) in [4.78, 5) is 11.3. The monoisotopic (exact) mass is 183 g/mol. The van der Waals surface area contributed by atoms with Crippen LogP contribution in [0.15, 0.2) is 16.5 Å². The molecular weight excluding hydrogens is 170 g/mol. The van der Waals surface area contributed by atoms with Crippen LogP contribution in [0, 0.1) is 6.92 Å². The van der Waals surface area contributed by atoms with Gasteiger partial charge in [-0.25, -0.2) is 0 Å². The summed E-state index contributed by atoms with van der Waals surface area (Å²) in [7, 11) is 0. The van der Waals surface area contributed by atoms with E-state index in [1.54, 1.807) is 26.0 Å². The van der Waals surface area contributed by atoms with Gasteiger partial charge in [-0.3, -0.25) is 4.79 Å². The number of aliphatic hydroxyl groups excluding tert-OH is 1. The molecule has 1 aromatic rings. The van der Waals surface area contributed by atoms with E-state index in [4.69, 9.17) is 9.52 Å². The van der Waals surface area contributed by atoms with Gasteiger partial charge in [0.05, 0.1) is 6.61 Å². The van der Waals surface area contributed by atoms with Crippen LogP contribution in [-0.2, 0) is 0 Å². The summed E-state index contributed by atoms with van der Waals surface area (Å²) in [6.45, 7) is 3.41. The van der Waals surface area contributed by atoms with E-state index in [1.807, 2.05) is 0 Å². The van der Waals surface area contributed by atoms with Gasteiger partial charge in [0.15, 0.2) is 5.76 Å². The van der Waals surface area contributed by atoms with Gasteiger partial charge in [-0.2, -0.15) is 0 Å². The minimum Gasteiger partial charge on any atom is -0.456 e. The van der Waals surface area contributed by atoms with Crippen molar-refractivity contribution in [3.05, 3.63) is 23.7 Å². The summed E-state index contributed by atoms with van der Waals surface area (Å²) in [6, 6.07) is 3.07. The van der Waals surface area contributed by atoms with Crippen LogP contribution in [0.5, 0.6) is 0 Å². The first-order chi connectivity index (χ1) is 6.13. The number of carbonyl (C=O) groups excluding carboxylic acids is 1. The average Bonchev–Trinajstić information content (AvgIpc) is 2.51. The minimum atomic E-state index is -0.297. The first kappa shape index (κ1) is 9.80. The van der Waals surface area contributed by atoms with Crippen molar-refractivity contribution < 1.29 is 14.3 Å². The Bertz CT molecular complexity index is 293. The van der Waals surface area contributed by atoms with Crippen LogP contribution >= 0.6 is 0 Å². The molecule has 0 bridgehead atoms. The zero-order chi connectivity index (χ0) is 9.84. The smallest absolute Gasteiger partial charge is 0.287 e. The highest BCUT2D eigenvalue weighted by Crippen LogP contribution is 2.05. The third kappa shape index (κ3) is 2.59. The van der Waals surface area contributed by atoms with Crippen molar-refractivity contribution in [1.29, 1.82) is 0 Å². The first-order valence-corrected chi connectivity index (χ1v) is 4.11. The van der Waals surface area contributed by atoms with Gasteiger partial charge in [-0.15, -0.1) is 0 Å². The molecule has 13 heavy (non-hydrogen) atoms. The van der Waals surface area contributed by atoms with Crippen molar-refractivity contribution in [3.63, 3.8) is 0 Å². The van der Waals surface area contributed by atoms with E-state index in [-0.39, 0.29) is 24.3 Å². The van der Waals surface area contributed by atoms with Crippen LogP contribution in [0.2, 0.25) is 0 Å². The molecule has 0 aliphatic carbocycles. The Morgan fingerprint density at radius 1 is 1.69 bits per heavy atom. The second-order valence-corrected chi connectivity index (χ2v) is 2.97. The molecule has 1 amide bonds. The second-order valence-electron chi connectivity index (χ2n) is 2.97. The van der Waals surface area contributed by atoms with Gasteiger partial charge in [0.1, 0.15) is 5.76 Å². The molecule has 0 aromatic carbocycles. The SMILES string of the molecule is Cc1ccc(C(=O)NC(C)CO)o1. The first-order valence-electron chi connectivity index (χ1n) is 4.11. The molecule has 0 aliphatic rings. The number of aliphatic hydroxyl groups is 1. The highest BCUT2D eigenvalue weighted by molar-refractivity contribution is 5.91. The van der Waals surface area contributed by atoms with Crippen LogP contribution in [0.25, 0.3) is 0 Å². The molecule has 1 atom stereocenters. The fraction of sp³-hybridized carbons (Fsp3) is 0.444. The summed E-state index contributed by atoms with van der Waals surface area (Å²) >= 11 is 0. The maximum atomic E-state index is 11.3. The number of aryl methyl sites for hydroxylation is 1. The van der Waals surface area contributed by atoms with Crippen molar-refractivity contribution in [1.82, 2.24) is 5.32 Å². The maximum absolute atomic E-state index is 11.3. The molecule has 0 saturated carbocycles. The van der Waals surface area contributed by atoms with Crippen molar-refractivity contribution in [3.8, 4) is 0 Å². The summed E-state index contributed by atoms with van der Waals surface area (Å²) < 4.78 is 5.10. The highest BCUT2D eigenvalue weighted by Gasteiger charge is 2.11. The lowest BCUT2D eigenvalue weighted by molar-refractivity contribution is 0.0893. The molecule has 1 aromatic heterocycles. The molecule has 2 N–H and O–H groups in total. The Labute approximate surface area is 76.6 Å². The molecule has 0 radical (unpaired) electrons. The zero-order valence-corrected chi connectivity index (χ0v) is 7.70. The summed E-state index contributed by atoms with van der Waals surface area (Å²) in [5, 5.41) is 11.3. The highest BCUT2D eigenvalue weighted by atomic mass is 16.3. The van der Waals surface area contributed by atoms with Crippen LogP contribution in [0.3, 0.4) is 0 Å². The number of hydrogen-bond donors (Lipinski definition) is 2. The van der Waals surface area contributed by atoms with E-state index >= 15 is 0 Å². The quantitative estimate of drug-likeness (QED) is 0.725. The molecule has 4 nitrogen and oxygen atoms in total. The largest absolute Gasteiger partial charge is 0.456 e. The molecule has 1 heterocycles. The van der Waals surface area contributed by atoms with Crippen LogP contribution < -0.4 is 5.32 Å². The predicted octanol–water partition coefficient (Wildman–Crippen LogP) is 0.699. The van der Waals surface area contributed by atoms with Crippen LogP contribution in [-0.4, -0.2) is 23.7 Å². The van der Waals surface area contributed by atoms with E-state index in [2.05, 4.69) is 5.32 Å². The number of nitrogens with one attached hydrogen (secondary N) is 1. The van der Waals surface area contributed by atoms with Crippen molar-refractivity contribution in [2.45, 2.75) is 19.9 Å². The predicted molar refractivity (Wildman–Crippen MR) is 47.5 cm³/mol. The lowest BCUT2D eigenvalue weighted by Gasteiger charge is -2.08. The molecule has 4 heteroatoms. The summed E-state index contributed by atoms with van der Waals surface area (Å²) in [5.74, 6) is 0.675. The van der Waals surface area contributed by atoms with E-state index in [1.165, 1.54) is 0 Å². The number of furan rings is 1. The molecule has 1 rings (SSSR count). The van der Waals surface area contributed by atoms with Crippen molar-refractivity contribution >= 4 is 5.91 Å². The molecular formula is C9H13NO3. The summed E-state index contributed by atoms with van der Waals surface area (Å²) in [6.07, 6.45) is 0. The van der Waals surface area contributed by atoms with Gasteiger partial charge >= 0.3 is 0 Å². The van der Waals surface area contributed by atoms with Gasteiger partial charge in [-0.1, -0.05) is 0 Å². The Morgan fingerprint density at radius 2 is 2.38 bits per heavy atom. The van der Waals surface area contributed by atoms with Gasteiger partial charge in [0.25, 0.3) is 5.91 Å². The molecule has 0 saturated heterocycles. The normalized spacial score (nSPS) is 12.5. The van der Waals surface area contributed by atoms with E-state index < -0.39 is 0 Å². The van der Waals surface area contributed by atoms with Crippen LogP contribution in [0.4, 0.5) is 0 Å². The Morgan fingerprint density at radius 3 is 2.85 bits per heavy atom. The van der Waals surface area contributed by atoms with Gasteiger partial charge < -0.3 is 14.8 Å². The Kier molecular flexibility index (Phi) is 3.08. The maximum Gasteiger partial charge on any atom is 0.287 e. The van der Waals surface area contributed by atoms with Gasteiger partial charge in [0.2, 0.25) is 0 Å². The fourth-order valence-electron chi connectivity index (χ4n) is 0.897. The minimum absolute atomic E-state index is 0.0779. The number of amides is 1. The second kappa shape index (κ2) is 4.09. The molecule has 0 aliphatic heterocycles. The van der Waals surface area contributed by atoms with Crippen LogP contribution in [0.1, 0.15) is 23.2 Å². The van der Waals surface area contributed by atoms with E-state index in [0.29, 0.717) is 5.76 Å². The van der Waals surface area contributed by atoms with E-state index in [9.17, 15) is 4.79 Å². The summed E-state index contributed by atoms with van der Waals surface area (Å²) in [5.41, 5.74) is 0. The zero-order valence-electron chi connectivity index (χ0n) is 7.70. The third-order valence-corrected chi connectivity index (χ3v) is 1.62. The van der Waals surface area contributed by atoms with E-state index in [0.717, 1.165) is 0 Å². The number of hydrogen-bond acceptors (Lipinski definition) is 3. The Hall–Kier alpha value is -1.29. The molecule has 1 unspecified atom stereocenters. The molecule has 0 fully saturated rings. The fourth-order valence-corrected chi connectivity index (χ4v) is 0.897. The Balaban J connectivity index is 2.58. The van der Waals surface area contributed by atoms with Gasteiger partial charge in [-0.05, 0) is 26.0 Å². The van der Waals surface area contributed by atoms with Crippen molar-refractivity contribution in [2.24, 2.45) is 0 Å². The molecule has 0 spiro atoms. The lowest BCUT2D eigenvalue weighted by Crippen LogP contribution is -2.34. The number of carbonyl (C=O) groups is 1. The van der Waals surface area contributed by atoms with Crippen molar-refractivity contribution in [2.75, 3.05) is 6.61 Å². The average molecular weight is 183 g/mol. The third-order valence-electron chi connectivity index (χ3n) is 1.62. The molecule has 72 valence electrons. The standard InChI is InChI=1S/C9H13NO3/c1-6(5-11)10-9(12)8-4-3-7(2)13-8/h3-4,6,11H,5H2,1-2H3,(H,10,12). The lowest BCUT2D eigenvalue weighted by atomic mass is 10.3. The van der Waals surface area contributed by atoms with Gasteiger partial charge in [0, 0.05) is 6.04 Å².